The van der Waals surface area contributed by atoms with Crippen LogP contribution < -0.4 is 15.2 Å². The van der Waals surface area contributed by atoms with Gasteiger partial charge in [0, 0.05) is 16.5 Å². The van der Waals surface area contributed by atoms with Crippen molar-refractivity contribution in [2.75, 3.05) is 26.6 Å². The van der Waals surface area contributed by atoms with Crippen molar-refractivity contribution in [3.8, 4) is 22.6 Å². The standard InChI is InChI=1S/C20H19N3O4/c1-4-10-27-20(24)19-17(21)14-7-5-6-13(18(14)22-23-19)15-11-12(25-2)8-9-16(15)26-3/h4-9,11H,1,10H2,2-3H3,(H2,21,22). The summed E-state index contributed by atoms with van der Waals surface area (Å²) in [6, 6.07) is 10.9. The fourth-order valence-corrected chi connectivity index (χ4v) is 2.75. The van der Waals surface area contributed by atoms with E-state index in [0.29, 0.717) is 22.4 Å². The van der Waals surface area contributed by atoms with Gasteiger partial charge in [0.25, 0.3) is 0 Å². The molecule has 2 aromatic carbocycles. The van der Waals surface area contributed by atoms with Crippen LogP contribution in [-0.2, 0) is 4.74 Å². The van der Waals surface area contributed by atoms with Gasteiger partial charge in [-0.05, 0) is 18.2 Å². The number of nitrogens with zero attached hydrogens (tertiary/aromatic N) is 2. The molecule has 0 atom stereocenters. The second-order valence-electron chi connectivity index (χ2n) is 5.62. The number of nitrogens with two attached hydrogens (primary N) is 1. The number of carbonyl (C=O) groups excluding carboxylic acids is 1. The summed E-state index contributed by atoms with van der Waals surface area (Å²) in [5.41, 5.74) is 8.44. The molecular formula is C20H19N3O4. The lowest BCUT2D eigenvalue weighted by Crippen LogP contribution is -2.12. The van der Waals surface area contributed by atoms with Crippen LogP contribution in [0.3, 0.4) is 0 Å². The molecule has 2 N–H and O–H groups in total. The summed E-state index contributed by atoms with van der Waals surface area (Å²) in [4.78, 5) is 12.1. The Balaban J connectivity index is 2.18. The van der Waals surface area contributed by atoms with Gasteiger partial charge in [-0.1, -0.05) is 30.9 Å². The van der Waals surface area contributed by atoms with Gasteiger partial charge in [-0.2, -0.15) is 0 Å². The van der Waals surface area contributed by atoms with Gasteiger partial charge in [0.15, 0.2) is 5.69 Å². The first-order valence-corrected chi connectivity index (χ1v) is 8.16. The number of benzene rings is 2. The van der Waals surface area contributed by atoms with E-state index in [2.05, 4.69) is 16.8 Å². The number of esters is 1. The first-order valence-electron chi connectivity index (χ1n) is 8.16. The smallest absolute Gasteiger partial charge is 0.361 e. The van der Waals surface area contributed by atoms with Crippen molar-refractivity contribution < 1.29 is 19.0 Å². The molecule has 0 aliphatic heterocycles. The maximum absolute atomic E-state index is 12.1. The van der Waals surface area contributed by atoms with Gasteiger partial charge in [-0.3, -0.25) is 0 Å². The van der Waals surface area contributed by atoms with E-state index in [0.717, 1.165) is 11.1 Å². The number of hydrogen-bond acceptors (Lipinski definition) is 7. The molecule has 0 saturated heterocycles. The number of hydrogen-bond donors (Lipinski definition) is 1. The Hall–Kier alpha value is -3.61. The van der Waals surface area contributed by atoms with Crippen LogP contribution in [0.1, 0.15) is 10.5 Å². The van der Waals surface area contributed by atoms with Crippen molar-refractivity contribution in [1.29, 1.82) is 0 Å². The molecule has 7 nitrogen and oxygen atoms in total. The van der Waals surface area contributed by atoms with Crippen molar-refractivity contribution >= 4 is 22.6 Å². The zero-order chi connectivity index (χ0) is 19.4. The molecule has 0 saturated carbocycles. The SMILES string of the molecule is C=CCOC(=O)c1nnc2c(-c3cc(OC)ccc3OC)cccc2c1N. The van der Waals surface area contributed by atoms with Gasteiger partial charge >= 0.3 is 5.97 Å². The maximum Gasteiger partial charge on any atom is 0.361 e. The van der Waals surface area contributed by atoms with E-state index < -0.39 is 5.97 Å². The molecule has 0 unspecified atom stereocenters. The van der Waals surface area contributed by atoms with Crippen LogP contribution in [-0.4, -0.2) is 37.0 Å². The highest BCUT2D eigenvalue weighted by Gasteiger charge is 2.19. The molecule has 3 aromatic rings. The molecule has 27 heavy (non-hydrogen) atoms. The van der Waals surface area contributed by atoms with E-state index in [1.165, 1.54) is 6.08 Å². The highest BCUT2D eigenvalue weighted by molar-refractivity contribution is 6.06. The Morgan fingerprint density at radius 1 is 1.15 bits per heavy atom. The number of anilines is 1. The number of rotatable bonds is 6. The third-order valence-electron chi connectivity index (χ3n) is 4.05. The fraction of sp³-hybridized carbons (Fsp3) is 0.150. The van der Waals surface area contributed by atoms with E-state index in [-0.39, 0.29) is 18.0 Å². The van der Waals surface area contributed by atoms with Crippen molar-refractivity contribution in [3.05, 3.63) is 54.7 Å². The van der Waals surface area contributed by atoms with Crippen LogP contribution in [0.2, 0.25) is 0 Å². The lowest BCUT2D eigenvalue weighted by atomic mass is 10.00. The number of methoxy groups -OCH3 is 2. The zero-order valence-corrected chi connectivity index (χ0v) is 15.1. The Labute approximate surface area is 156 Å². The number of carbonyl (C=O) groups is 1. The van der Waals surface area contributed by atoms with Crippen LogP contribution in [0.15, 0.2) is 49.1 Å². The molecule has 7 heteroatoms. The summed E-state index contributed by atoms with van der Waals surface area (Å²) >= 11 is 0. The molecule has 1 aromatic heterocycles. The molecule has 0 amide bonds. The van der Waals surface area contributed by atoms with Crippen LogP contribution in [0, 0.1) is 0 Å². The highest BCUT2D eigenvalue weighted by atomic mass is 16.5. The monoisotopic (exact) mass is 365 g/mol. The Morgan fingerprint density at radius 3 is 2.67 bits per heavy atom. The van der Waals surface area contributed by atoms with E-state index >= 15 is 0 Å². The van der Waals surface area contributed by atoms with Crippen LogP contribution in [0.25, 0.3) is 22.0 Å². The van der Waals surface area contributed by atoms with Gasteiger partial charge in [-0.25, -0.2) is 4.79 Å². The minimum absolute atomic E-state index is 0.0286. The molecule has 1 heterocycles. The first kappa shape index (κ1) is 18.2. The number of nitrogen functional groups attached to an aromatic ring is 1. The molecule has 0 bridgehead atoms. The van der Waals surface area contributed by atoms with Crippen molar-refractivity contribution in [2.24, 2.45) is 0 Å². The maximum atomic E-state index is 12.1. The normalized spacial score (nSPS) is 10.4. The van der Waals surface area contributed by atoms with Gasteiger partial charge in [0.05, 0.1) is 19.9 Å². The summed E-state index contributed by atoms with van der Waals surface area (Å²) in [7, 11) is 3.18. The second kappa shape index (κ2) is 7.74. The lowest BCUT2D eigenvalue weighted by Gasteiger charge is -2.13. The average molecular weight is 365 g/mol. The van der Waals surface area contributed by atoms with Crippen molar-refractivity contribution in [3.63, 3.8) is 0 Å². The summed E-state index contributed by atoms with van der Waals surface area (Å²) in [6.45, 7) is 3.58. The summed E-state index contributed by atoms with van der Waals surface area (Å²) in [6.07, 6.45) is 1.47. The van der Waals surface area contributed by atoms with E-state index in [4.69, 9.17) is 19.9 Å². The van der Waals surface area contributed by atoms with Gasteiger partial charge in [0.2, 0.25) is 0 Å². The molecule has 0 aliphatic carbocycles. The zero-order valence-electron chi connectivity index (χ0n) is 15.1. The molecule has 0 aliphatic rings. The van der Waals surface area contributed by atoms with Gasteiger partial charge in [-0.15, -0.1) is 10.2 Å². The van der Waals surface area contributed by atoms with Gasteiger partial charge in [0.1, 0.15) is 23.6 Å². The van der Waals surface area contributed by atoms with Gasteiger partial charge < -0.3 is 19.9 Å². The number of aromatic nitrogens is 2. The molecule has 3 rings (SSSR count). The molecule has 0 radical (unpaired) electrons. The quantitative estimate of drug-likeness (QED) is 0.529. The van der Waals surface area contributed by atoms with E-state index in [1.807, 2.05) is 24.3 Å². The molecular weight excluding hydrogens is 346 g/mol. The largest absolute Gasteiger partial charge is 0.497 e. The van der Waals surface area contributed by atoms with E-state index in [1.54, 1.807) is 26.4 Å². The highest BCUT2D eigenvalue weighted by Crippen LogP contribution is 2.37. The second-order valence-corrected chi connectivity index (χ2v) is 5.62. The summed E-state index contributed by atoms with van der Waals surface area (Å²) in [5, 5.41) is 8.81. The lowest BCUT2D eigenvalue weighted by molar-refractivity contribution is 0.0543. The number of ether oxygens (including phenoxy) is 3. The van der Waals surface area contributed by atoms with E-state index in [9.17, 15) is 4.79 Å². The predicted octanol–water partition coefficient (Wildman–Crippen LogP) is 3.24. The Bertz CT molecular complexity index is 1020. The third kappa shape index (κ3) is 3.39. The first-order chi connectivity index (χ1) is 13.1. The third-order valence-corrected chi connectivity index (χ3v) is 4.05. The molecule has 0 spiro atoms. The average Bonchev–Trinajstić information content (AvgIpc) is 2.71. The fourth-order valence-electron chi connectivity index (χ4n) is 2.75. The van der Waals surface area contributed by atoms with Crippen molar-refractivity contribution in [1.82, 2.24) is 10.2 Å². The summed E-state index contributed by atoms with van der Waals surface area (Å²) < 4.78 is 15.8. The predicted molar refractivity (Wildman–Crippen MR) is 103 cm³/mol. The summed E-state index contributed by atoms with van der Waals surface area (Å²) in [5.74, 6) is 0.678. The Morgan fingerprint density at radius 2 is 1.96 bits per heavy atom. The minimum Gasteiger partial charge on any atom is -0.497 e. The van der Waals surface area contributed by atoms with Crippen LogP contribution in [0.4, 0.5) is 5.69 Å². The van der Waals surface area contributed by atoms with Crippen LogP contribution >= 0.6 is 0 Å². The molecule has 138 valence electrons. The molecule has 0 fully saturated rings. The topological polar surface area (TPSA) is 96.6 Å². The van der Waals surface area contributed by atoms with Crippen molar-refractivity contribution in [2.45, 2.75) is 0 Å². The Kier molecular flexibility index (Phi) is 5.21. The number of fused-ring (bicyclic) bond motifs is 1. The van der Waals surface area contributed by atoms with Crippen LogP contribution in [0.5, 0.6) is 11.5 Å². The minimum atomic E-state index is -0.647.